The van der Waals surface area contributed by atoms with Crippen LogP contribution in [-0.4, -0.2) is 35.4 Å². The first-order chi connectivity index (χ1) is 9.37. The second-order valence-electron chi connectivity index (χ2n) is 7.20. The molecule has 5 nitrogen and oxygen atoms in total. The molecule has 1 N–H and O–H groups in total. The van der Waals surface area contributed by atoms with Crippen LogP contribution in [0.4, 0.5) is 0 Å². The van der Waals surface area contributed by atoms with Gasteiger partial charge in [-0.25, -0.2) is 0 Å². The number of fused-ring (bicyclic) bond motifs is 2. The highest BCUT2D eigenvalue weighted by Crippen LogP contribution is 2.71. The van der Waals surface area contributed by atoms with Crippen LogP contribution in [0.1, 0.15) is 39.5 Å². The maximum atomic E-state index is 12.3. The molecule has 0 radical (unpaired) electrons. The Labute approximate surface area is 117 Å². The molecule has 2 saturated carbocycles. The molecule has 2 spiro atoms. The summed E-state index contributed by atoms with van der Waals surface area (Å²) in [5.41, 5.74) is -2.51. The molecule has 4 fully saturated rings. The van der Waals surface area contributed by atoms with Gasteiger partial charge in [-0.15, -0.1) is 0 Å². The minimum atomic E-state index is -1.12. The maximum absolute atomic E-state index is 12.3. The first-order valence-electron chi connectivity index (χ1n) is 7.46. The standard InChI is InChI=1S/C15H20O5/c1-8-3-4-15(18)13(8)5-10(20-11(16)6-13)9(2)14(15)7-19-12(14)17/h8-10,18H,3-7H2,1-2H3/t8-,9-,10-,13-,14-,15-/m1/s1. The summed E-state index contributed by atoms with van der Waals surface area (Å²) in [5, 5.41) is 11.5. The zero-order chi connectivity index (χ0) is 14.3. The maximum Gasteiger partial charge on any atom is 0.319 e. The van der Waals surface area contributed by atoms with Crippen LogP contribution < -0.4 is 0 Å². The van der Waals surface area contributed by atoms with E-state index in [-0.39, 0.29) is 42.9 Å². The minimum Gasteiger partial charge on any atom is -0.464 e. The highest BCUT2D eigenvalue weighted by Gasteiger charge is 2.80. The molecule has 0 unspecified atom stereocenters. The monoisotopic (exact) mass is 280 g/mol. The Hall–Kier alpha value is -1.10. The second kappa shape index (κ2) is 3.38. The molecule has 0 aromatic carbocycles. The summed E-state index contributed by atoms with van der Waals surface area (Å²) in [7, 11) is 0. The topological polar surface area (TPSA) is 72.8 Å². The van der Waals surface area contributed by atoms with Gasteiger partial charge in [-0.3, -0.25) is 9.59 Å². The van der Waals surface area contributed by atoms with Crippen molar-refractivity contribution in [1.29, 1.82) is 0 Å². The van der Waals surface area contributed by atoms with E-state index in [0.717, 1.165) is 6.42 Å². The van der Waals surface area contributed by atoms with Crippen LogP contribution in [0.15, 0.2) is 0 Å². The smallest absolute Gasteiger partial charge is 0.319 e. The largest absolute Gasteiger partial charge is 0.464 e. The van der Waals surface area contributed by atoms with Crippen LogP contribution in [0.5, 0.6) is 0 Å². The molecule has 0 aromatic heterocycles. The van der Waals surface area contributed by atoms with Gasteiger partial charge in [0.05, 0.1) is 12.0 Å². The Balaban J connectivity index is 1.93. The van der Waals surface area contributed by atoms with Gasteiger partial charge in [-0.2, -0.15) is 0 Å². The van der Waals surface area contributed by atoms with Crippen molar-refractivity contribution in [3.63, 3.8) is 0 Å². The number of carbonyl (C=O) groups is 2. The summed E-state index contributed by atoms with van der Waals surface area (Å²) in [6, 6.07) is 0. The summed E-state index contributed by atoms with van der Waals surface area (Å²) >= 11 is 0. The van der Waals surface area contributed by atoms with E-state index in [2.05, 4.69) is 6.92 Å². The normalized spacial score (nSPS) is 56.9. The predicted octanol–water partition coefficient (Wildman–Crippen LogP) is 1.03. The highest BCUT2D eigenvalue weighted by molar-refractivity contribution is 5.86. The molecule has 2 aliphatic heterocycles. The zero-order valence-corrected chi connectivity index (χ0v) is 11.8. The average Bonchev–Trinajstić information content (AvgIpc) is 2.62. The van der Waals surface area contributed by atoms with Crippen molar-refractivity contribution in [1.82, 2.24) is 0 Å². The van der Waals surface area contributed by atoms with Crippen molar-refractivity contribution in [3.8, 4) is 0 Å². The fourth-order valence-corrected chi connectivity index (χ4v) is 5.52. The van der Waals surface area contributed by atoms with Gasteiger partial charge in [0.25, 0.3) is 0 Å². The van der Waals surface area contributed by atoms with Gasteiger partial charge in [-0.05, 0) is 25.2 Å². The highest BCUT2D eigenvalue weighted by atomic mass is 16.6. The molecule has 6 atom stereocenters. The van der Waals surface area contributed by atoms with Crippen molar-refractivity contribution >= 4 is 11.9 Å². The molecule has 2 heterocycles. The number of hydrogen-bond acceptors (Lipinski definition) is 5. The number of carbonyl (C=O) groups excluding carboxylic acids is 2. The van der Waals surface area contributed by atoms with E-state index in [4.69, 9.17) is 9.47 Å². The molecule has 2 saturated heterocycles. The number of esters is 2. The number of rotatable bonds is 0. The lowest BCUT2D eigenvalue weighted by Crippen LogP contribution is -2.77. The van der Waals surface area contributed by atoms with Crippen molar-refractivity contribution in [2.45, 2.75) is 51.2 Å². The Kier molecular flexibility index (Phi) is 2.13. The fraction of sp³-hybridized carbons (Fsp3) is 0.867. The first kappa shape index (κ1) is 12.6. The van der Waals surface area contributed by atoms with Gasteiger partial charge < -0.3 is 14.6 Å². The Morgan fingerprint density at radius 3 is 2.65 bits per heavy atom. The fourth-order valence-electron chi connectivity index (χ4n) is 5.52. The van der Waals surface area contributed by atoms with Crippen LogP contribution in [0.25, 0.3) is 0 Å². The van der Waals surface area contributed by atoms with Crippen LogP contribution in [0, 0.1) is 22.7 Å². The SMILES string of the molecule is C[C@@H]1CC[C@@]2(O)[C@]13CC(=O)O[C@H](C3)[C@@H](C)[C@@]21COC1=O. The number of cyclic esters (lactones) is 1. The lowest BCUT2D eigenvalue weighted by atomic mass is 9.44. The molecule has 0 amide bonds. The second-order valence-corrected chi connectivity index (χ2v) is 7.20. The summed E-state index contributed by atoms with van der Waals surface area (Å²) in [6.07, 6.45) is 2.05. The Morgan fingerprint density at radius 1 is 1.30 bits per heavy atom. The number of aliphatic hydroxyl groups is 1. The van der Waals surface area contributed by atoms with E-state index < -0.39 is 16.4 Å². The molecule has 2 bridgehead atoms. The van der Waals surface area contributed by atoms with Crippen molar-refractivity contribution in [2.75, 3.05) is 6.61 Å². The van der Waals surface area contributed by atoms with Crippen LogP contribution in [0.2, 0.25) is 0 Å². The minimum absolute atomic E-state index is 0.184. The molecular weight excluding hydrogens is 260 g/mol. The van der Waals surface area contributed by atoms with Crippen LogP contribution >= 0.6 is 0 Å². The lowest BCUT2D eigenvalue weighted by molar-refractivity contribution is -0.304. The molecule has 20 heavy (non-hydrogen) atoms. The Bertz CT molecular complexity index is 516. The van der Waals surface area contributed by atoms with Crippen molar-refractivity contribution in [2.24, 2.45) is 22.7 Å². The number of hydrogen-bond donors (Lipinski definition) is 1. The van der Waals surface area contributed by atoms with E-state index in [1.807, 2.05) is 6.92 Å². The molecule has 5 heteroatoms. The third-order valence-electron chi connectivity index (χ3n) is 6.88. The van der Waals surface area contributed by atoms with Crippen LogP contribution in [0.3, 0.4) is 0 Å². The summed E-state index contributed by atoms with van der Waals surface area (Å²) in [5.74, 6) is -0.506. The van der Waals surface area contributed by atoms with Crippen molar-refractivity contribution < 1.29 is 24.2 Å². The third kappa shape index (κ3) is 1.01. The van der Waals surface area contributed by atoms with E-state index in [0.29, 0.717) is 12.8 Å². The molecule has 2 aliphatic carbocycles. The summed E-state index contributed by atoms with van der Waals surface area (Å²) in [4.78, 5) is 24.3. The molecule has 4 rings (SSSR count). The molecule has 0 aromatic rings. The van der Waals surface area contributed by atoms with Gasteiger partial charge in [-0.1, -0.05) is 13.8 Å². The molecule has 4 aliphatic rings. The van der Waals surface area contributed by atoms with Gasteiger partial charge in [0.15, 0.2) is 0 Å². The average molecular weight is 280 g/mol. The van der Waals surface area contributed by atoms with Gasteiger partial charge in [0.1, 0.15) is 18.1 Å². The van der Waals surface area contributed by atoms with Gasteiger partial charge in [0, 0.05) is 11.3 Å². The van der Waals surface area contributed by atoms with Gasteiger partial charge in [0.2, 0.25) is 0 Å². The Morgan fingerprint density at radius 2 is 2.05 bits per heavy atom. The van der Waals surface area contributed by atoms with E-state index in [1.165, 1.54) is 0 Å². The number of ether oxygens (including phenoxy) is 2. The quantitative estimate of drug-likeness (QED) is 0.671. The third-order valence-corrected chi connectivity index (χ3v) is 6.88. The van der Waals surface area contributed by atoms with Gasteiger partial charge >= 0.3 is 11.9 Å². The van der Waals surface area contributed by atoms with Crippen molar-refractivity contribution in [3.05, 3.63) is 0 Å². The van der Waals surface area contributed by atoms with E-state index >= 15 is 0 Å². The zero-order valence-electron chi connectivity index (χ0n) is 11.8. The summed E-state index contributed by atoms with van der Waals surface area (Å²) < 4.78 is 10.5. The first-order valence-corrected chi connectivity index (χ1v) is 7.46. The predicted molar refractivity (Wildman–Crippen MR) is 67.5 cm³/mol. The summed E-state index contributed by atoms with van der Waals surface area (Å²) in [6.45, 7) is 4.25. The van der Waals surface area contributed by atoms with E-state index in [9.17, 15) is 14.7 Å². The van der Waals surface area contributed by atoms with Crippen LogP contribution in [-0.2, 0) is 19.1 Å². The molecule has 110 valence electrons. The lowest BCUT2D eigenvalue weighted by Gasteiger charge is -2.65. The van der Waals surface area contributed by atoms with E-state index in [1.54, 1.807) is 0 Å². The molecular formula is C15H20O5.